The number of thiocarbonyl (C=S) groups is 1. The zero-order chi connectivity index (χ0) is 18.1. The summed E-state index contributed by atoms with van der Waals surface area (Å²) in [5.74, 6) is -3.39. The van der Waals surface area contributed by atoms with Crippen molar-refractivity contribution in [1.29, 1.82) is 0 Å². The first-order chi connectivity index (χ1) is 11.1. The lowest BCUT2D eigenvalue weighted by atomic mass is 9.82. The second-order valence-corrected chi connectivity index (χ2v) is 5.57. The molecule has 1 fully saturated rings. The second-order valence-electron chi connectivity index (χ2n) is 5.16. The van der Waals surface area contributed by atoms with Crippen LogP contribution in [0.3, 0.4) is 0 Å². The van der Waals surface area contributed by atoms with E-state index in [1.54, 1.807) is 5.32 Å². The number of esters is 1. The third kappa shape index (κ3) is 3.24. The van der Waals surface area contributed by atoms with Gasteiger partial charge in [-0.3, -0.25) is 4.79 Å². The number of aliphatic hydroxyl groups is 1. The number of alkyl halides is 3. The standard InChI is InChI=1S/C14H15F3N2O4S/c1-2-23-11(21)9-10(7-3-5-8(20)6-4-7)18-12(24)19-13(9,22)14(15,16)17/h3-6,9-10,20,22H,2H2,1H3,(H2,18,19,24)/t9-,10-,13-/m0/s1. The fraction of sp³-hybridized carbons (Fsp3) is 0.429. The maximum atomic E-state index is 13.5. The molecular weight excluding hydrogens is 349 g/mol. The number of aromatic hydroxyl groups is 1. The van der Waals surface area contributed by atoms with Crippen LogP contribution in [-0.2, 0) is 9.53 Å². The Morgan fingerprint density at radius 1 is 1.38 bits per heavy atom. The van der Waals surface area contributed by atoms with Crippen molar-refractivity contribution in [2.45, 2.75) is 24.9 Å². The summed E-state index contributed by atoms with van der Waals surface area (Å²) in [4.78, 5) is 12.2. The molecule has 4 N–H and O–H groups in total. The van der Waals surface area contributed by atoms with Crippen LogP contribution in [0.1, 0.15) is 18.5 Å². The van der Waals surface area contributed by atoms with Crippen molar-refractivity contribution in [1.82, 2.24) is 10.6 Å². The van der Waals surface area contributed by atoms with Crippen molar-refractivity contribution >= 4 is 23.3 Å². The maximum Gasteiger partial charge on any atom is 0.437 e. The summed E-state index contributed by atoms with van der Waals surface area (Å²) in [6, 6.07) is 3.84. The molecule has 10 heteroatoms. The van der Waals surface area contributed by atoms with E-state index in [2.05, 4.69) is 5.32 Å². The van der Waals surface area contributed by atoms with Gasteiger partial charge < -0.3 is 25.6 Å². The third-order valence-electron chi connectivity index (χ3n) is 3.60. The summed E-state index contributed by atoms with van der Waals surface area (Å²) in [5, 5.41) is 23.3. The van der Waals surface area contributed by atoms with E-state index in [4.69, 9.17) is 17.0 Å². The van der Waals surface area contributed by atoms with E-state index in [-0.39, 0.29) is 17.9 Å². The van der Waals surface area contributed by atoms with Gasteiger partial charge in [0.1, 0.15) is 11.7 Å². The predicted octanol–water partition coefficient (Wildman–Crippen LogP) is 1.34. The highest BCUT2D eigenvalue weighted by Gasteiger charge is 2.66. The van der Waals surface area contributed by atoms with Crippen molar-refractivity contribution in [2.75, 3.05) is 6.61 Å². The molecule has 1 aliphatic rings. The Morgan fingerprint density at radius 2 is 1.96 bits per heavy atom. The van der Waals surface area contributed by atoms with E-state index in [0.717, 1.165) is 0 Å². The van der Waals surface area contributed by atoms with Crippen LogP contribution in [0.4, 0.5) is 13.2 Å². The molecule has 0 saturated carbocycles. The molecular formula is C14H15F3N2O4S. The first kappa shape index (κ1) is 18.3. The Morgan fingerprint density at radius 3 is 2.46 bits per heavy atom. The summed E-state index contributed by atoms with van der Waals surface area (Å²) >= 11 is 4.75. The molecule has 0 radical (unpaired) electrons. The Balaban J connectivity index is 2.55. The summed E-state index contributed by atoms with van der Waals surface area (Å²) < 4.78 is 45.1. The summed E-state index contributed by atoms with van der Waals surface area (Å²) in [5.41, 5.74) is -3.37. The zero-order valence-corrected chi connectivity index (χ0v) is 13.2. The van der Waals surface area contributed by atoms with Gasteiger partial charge in [0.2, 0.25) is 0 Å². The van der Waals surface area contributed by atoms with Gasteiger partial charge in [-0.1, -0.05) is 12.1 Å². The number of rotatable bonds is 3. The Kier molecular flexibility index (Phi) is 4.90. The minimum Gasteiger partial charge on any atom is -0.508 e. The van der Waals surface area contributed by atoms with Crippen LogP contribution in [0.5, 0.6) is 5.75 Å². The van der Waals surface area contributed by atoms with Crippen molar-refractivity contribution in [3.8, 4) is 5.75 Å². The number of hydrogen-bond acceptors (Lipinski definition) is 5. The number of phenolic OH excluding ortho intramolecular Hbond substituents is 1. The Labute approximate surface area is 140 Å². The van der Waals surface area contributed by atoms with Crippen molar-refractivity contribution < 1.29 is 32.9 Å². The van der Waals surface area contributed by atoms with E-state index in [9.17, 15) is 28.2 Å². The molecule has 0 aromatic heterocycles. The van der Waals surface area contributed by atoms with Crippen LogP contribution in [-0.4, -0.2) is 39.8 Å². The second kappa shape index (κ2) is 6.44. The first-order valence-electron chi connectivity index (χ1n) is 6.93. The van der Waals surface area contributed by atoms with E-state index in [0.29, 0.717) is 0 Å². The third-order valence-corrected chi connectivity index (χ3v) is 3.82. The maximum absolute atomic E-state index is 13.5. The number of carbonyl (C=O) groups excluding carboxylic acids is 1. The Hall–Kier alpha value is -2.07. The molecule has 1 aromatic rings. The first-order valence-corrected chi connectivity index (χ1v) is 7.34. The minimum atomic E-state index is -5.19. The molecule has 3 atom stereocenters. The molecule has 132 valence electrons. The topological polar surface area (TPSA) is 90.8 Å². The fourth-order valence-corrected chi connectivity index (χ4v) is 2.78. The molecule has 0 unspecified atom stereocenters. The molecule has 0 amide bonds. The zero-order valence-electron chi connectivity index (χ0n) is 12.4. The van der Waals surface area contributed by atoms with Gasteiger partial charge in [-0.15, -0.1) is 0 Å². The molecule has 1 saturated heterocycles. The quantitative estimate of drug-likeness (QED) is 0.475. The number of benzene rings is 1. The van der Waals surface area contributed by atoms with Crippen LogP contribution in [0, 0.1) is 5.92 Å². The number of hydrogen-bond donors (Lipinski definition) is 4. The fourth-order valence-electron chi connectivity index (χ4n) is 2.50. The number of halogens is 3. The molecule has 0 spiro atoms. The van der Waals surface area contributed by atoms with Gasteiger partial charge in [0.05, 0.1) is 12.6 Å². The van der Waals surface area contributed by atoms with Gasteiger partial charge in [-0.05, 0) is 36.8 Å². The molecule has 1 aromatic carbocycles. The lowest BCUT2D eigenvalue weighted by Crippen LogP contribution is -2.73. The minimum absolute atomic E-state index is 0.103. The molecule has 1 heterocycles. The van der Waals surface area contributed by atoms with Gasteiger partial charge in [-0.2, -0.15) is 13.2 Å². The van der Waals surface area contributed by atoms with Crippen molar-refractivity contribution in [3.63, 3.8) is 0 Å². The SMILES string of the molecule is CCOC(=O)[C@@H]1[C@H](c2ccc(O)cc2)NC(=S)N[C@@]1(O)C(F)(F)F. The monoisotopic (exact) mass is 364 g/mol. The lowest BCUT2D eigenvalue weighted by molar-refractivity contribution is -0.292. The van der Waals surface area contributed by atoms with Gasteiger partial charge in [-0.25, -0.2) is 0 Å². The molecule has 24 heavy (non-hydrogen) atoms. The normalized spacial score (nSPS) is 27.1. The average Bonchev–Trinajstić information content (AvgIpc) is 2.46. The van der Waals surface area contributed by atoms with Crippen molar-refractivity contribution in [3.05, 3.63) is 29.8 Å². The van der Waals surface area contributed by atoms with Crippen LogP contribution < -0.4 is 10.6 Å². The number of phenols is 1. The predicted molar refractivity (Wildman–Crippen MR) is 80.8 cm³/mol. The molecule has 0 bridgehead atoms. The average molecular weight is 364 g/mol. The molecule has 0 aliphatic carbocycles. The van der Waals surface area contributed by atoms with Crippen molar-refractivity contribution in [2.24, 2.45) is 5.92 Å². The number of carbonyl (C=O) groups is 1. The molecule has 1 aliphatic heterocycles. The summed E-state index contributed by atoms with van der Waals surface area (Å²) in [6.45, 7) is 1.28. The smallest absolute Gasteiger partial charge is 0.437 e. The number of ether oxygens (including phenoxy) is 1. The van der Waals surface area contributed by atoms with E-state index >= 15 is 0 Å². The Bertz CT molecular complexity index is 638. The van der Waals surface area contributed by atoms with Crippen LogP contribution >= 0.6 is 12.2 Å². The van der Waals surface area contributed by atoms with Gasteiger partial charge in [0.25, 0.3) is 5.72 Å². The van der Waals surface area contributed by atoms with Crippen LogP contribution in [0.25, 0.3) is 0 Å². The van der Waals surface area contributed by atoms with Gasteiger partial charge >= 0.3 is 12.1 Å². The van der Waals surface area contributed by atoms with Gasteiger partial charge in [0.15, 0.2) is 5.11 Å². The summed E-state index contributed by atoms with van der Waals surface area (Å²) in [7, 11) is 0. The van der Waals surface area contributed by atoms with Crippen LogP contribution in [0.2, 0.25) is 0 Å². The largest absolute Gasteiger partial charge is 0.508 e. The molecule has 6 nitrogen and oxygen atoms in total. The molecule has 2 rings (SSSR count). The lowest BCUT2D eigenvalue weighted by Gasteiger charge is -2.45. The highest BCUT2D eigenvalue weighted by molar-refractivity contribution is 7.80. The van der Waals surface area contributed by atoms with E-state index in [1.807, 2.05) is 0 Å². The number of nitrogens with one attached hydrogen (secondary N) is 2. The highest BCUT2D eigenvalue weighted by Crippen LogP contribution is 2.43. The van der Waals surface area contributed by atoms with Crippen LogP contribution in [0.15, 0.2) is 24.3 Å². The van der Waals surface area contributed by atoms with Gasteiger partial charge in [0, 0.05) is 0 Å². The highest BCUT2D eigenvalue weighted by atomic mass is 32.1. The van der Waals surface area contributed by atoms with E-state index in [1.165, 1.54) is 31.2 Å². The van der Waals surface area contributed by atoms with E-state index < -0.39 is 34.9 Å². The summed E-state index contributed by atoms with van der Waals surface area (Å²) in [6.07, 6.45) is -5.19.